The van der Waals surface area contributed by atoms with Gasteiger partial charge in [0.1, 0.15) is 0 Å². The van der Waals surface area contributed by atoms with Crippen LogP contribution in [0.15, 0.2) is 24.3 Å². The molecule has 5 heteroatoms. The number of aromatic amines is 1. The summed E-state index contributed by atoms with van der Waals surface area (Å²) in [5, 5.41) is 20.2. The summed E-state index contributed by atoms with van der Waals surface area (Å²) in [6.45, 7) is 4.84. The Hall–Kier alpha value is -1.88. The first-order chi connectivity index (χ1) is 10.0. The summed E-state index contributed by atoms with van der Waals surface area (Å²) in [6.07, 6.45) is 2.06. The number of carbonyl (C=O) groups is 1. The van der Waals surface area contributed by atoms with Gasteiger partial charge in [0.25, 0.3) is 0 Å². The number of H-pyrrole nitrogens is 1. The first-order valence-corrected chi connectivity index (χ1v) is 7.31. The molecule has 0 bridgehead atoms. The molecule has 1 aromatic heterocycles. The molecule has 3 N–H and O–H groups in total. The summed E-state index contributed by atoms with van der Waals surface area (Å²) >= 11 is 0. The van der Waals surface area contributed by atoms with Gasteiger partial charge in [0.05, 0.1) is 17.6 Å². The van der Waals surface area contributed by atoms with Crippen LogP contribution in [0.2, 0.25) is 0 Å². The molecule has 0 spiro atoms. The molecule has 0 radical (unpaired) electrons. The number of aromatic nitrogens is 2. The van der Waals surface area contributed by atoms with E-state index in [9.17, 15) is 9.90 Å². The monoisotopic (exact) mass is 289 g/mol. The van der Waals surface area contributed by atoms with Gasteiger partial charge in [-0.05, 0) is 24.3 Å². The number of hydrogen-bond donors (Lipinski definition) is 3. The Labute approximate surface area is 124 Å². The molecule has 0 aliphatic rings. The molecule has 2 aromatic rings. The molecule has 0 saturated heterocycles. The Bertz CT molecular complexity index is 604. The fraction of sp³-hybridized carbons (Fsp3) is 0.500. The number of para-hydroxylation sites is 1. The van der Waals surface area contributed by atoms with Crippen LogP contribution in [0, 0.1) is 5.41 Å². The number of hydrogen-bond acceptors (Lipinski definition) is 3. The highest BCUT2D eigenvalue weighted by atomic mass is 16.3. The Kier molecular flexibility index (Phi) is 4.96. The van der Waals surface area contributed by atoms with E-state index in [1.165, 1.54) is 0 Å². The SMILES string of the molecule is CC(C)(CO)CCCNC(=O)Cc1[nH]nc2ccccc12. The first kappa shape index (κ1) is 15.5. The lowest BCUT2D eigenvalue weighted by molar-refractivity contribution is -0.120. The number of amides is 1. The highest BCUT2D eigenvalue weighted by molar-refractivity contribution is 5.87. The lowest BCUT2D eigenvalue weighted by Crippen LogP contribution is -2.27. The average molecular weight is 289 g/mol. The summed E-state index contributed by atoms with van der Waals surface area (Å²) < 4.78 is 0. The van der Waals surface area contributed by atoms with Gasteiger partial charge in [0, 0.05) is 18.5 Å². The molecule has 0 saturated carbocycles. The summed E-state index contributed by atoms with van der Waals surface area (Å²) in [7, 11) is 0. The zero-order valence-corrected chi connectivity index (χ0v) is 12.6. The van der Waals surface area contributed by atoms with Gasteiger partial charge in [-0.15, -0.1) is 0 Å². The normalized spacial score (nSPS) is 11.8. The van der Waals surface area contributed by atoms with Crippen molar-refractivity contribution in [3.05, 3.63) is 30.0 Å². The predicted octanol–water partition coefficient (Wildman–Crippen LogP) is 2.02. The number of aliphatic hydroxyl groups is 1. The van der Waals surface area contributed by atoms with E-state index in [2.05, 4.69) is 15.5 Å². The van der Waals surface area contributed by atoms with Crippen LogP contribution in [-0.4, -0.2) is 34.4 Å². The lowest BCUT2D eigenvalue weighted by atomic mass is 9.89. The van der Waals surface area contributed by atoms with Crippen LogP contribution in [0.4, 0.5) is 0 Å². The molecule has 0 aliphatic carbocycles. The van der Waals surface area contributed by atoms with Gasteiger partial charge in [0.2, 0.25) is 5.91 Å². The largest absolute Gasteiger partial charge is 0.396 e. The molecule has 0 fully saturated rings. The van der Waals surface area contributed by atoms with Gasteiger partial charge < -0.3 is 10.4 Å². The zero-order valence-electron chi connectivity index (χ0n) is 12.6. The van der Waals surface area contributed by atoms with Crippen LogP contribution in [0.3, 0.4) is 0 Å². The lowest BCUT2D eigenvalue weighted by Gasteiger charge is -2.21. The molecule has 0 atom stereocenters. The Morgan fingerprint density at radius 2 is 2.14 bits per heavy atom. The van der Waals surface area contributed by atoms with Crippen molar-refractivity contribution in [1.82, 2.24) is 15.5 Å². The second-order valence-electron chi connectivity index (χ2n) is 6.17. The summed E-state index contributed by atoms with van der Waals surface area (Å²) in [5.41, 5.74) is 1.65. The average Bonchev–Trinajstić information content (AvgIpc) is 2.87. The van der Waals surface area contributed by atoms with Crippen LogP contribution >= 0.6 is 0 Å². The molecule has 1 aromatic carbocycles. The number of aliphatic hydroxyl groups excluding tert-OH is 1. The molecule has 5 nitrogen and oxygen atoms in total. The molecule has 0 aliphatic heterocycles. The standard InChI is InChI=1S/C16H23N3O2/c1-16(2,11-20)8-5-9-17-15(21)10-14-12-6-3-4-7-13(12)18-19-14/h3-4,6-7,20H,5,8-11H2,1-2H3,(H,17,21)(H,18,19). The quantitative estimate of drug-likeness (QED) is 0.682. The molecular formula is C16H23N3O2. The smallest absolute Gasteiger partial charge is 0.226 e. The Balaban J connectivity index is 1.80. The van der Waals surface area contributed by atoms with E-state index in [1.807, 2.05) is 38.1 Å². The maximum atomic E-state index is 11.9. The van der Waals surface area contributed by atoms with Crippen molar-refractivity contribution >= 4 is 16.8 Å². The number of benzene rings is 1. The molecule has 114 valence electrons. The Morgan fingerprint density at radius 3 is 2.90 bits per heavy atom. The van der Waals surface area contributed by atoms with Crippen molar-refractivity contribution in [2.24, 2.45) is 5.41 Å². The van der Waals surface area contributed by atoms with E-state index >= 15 is 0 Å². The fourth-order valence-electron chi connectivity index (χ4n) is 2.25. The number of rotatable bonds is 7. The maximum absolute atomic E-state index is 11.9. The minimum Gasteiger partial charge on any atom is -0.396 e. The third-order valence-electron chi connectivity index (χ3n) is 3.66. The molecular weight excluding hydrogens is 266 g/mol. The van der Waals surface area contributed by atoms with Gasteiger partial charge in [-0.25, -0.2) is 0 Å². The summed E-state index contributed by atoms with van der Waals surface area (Å²) in [4.78, 5) is 11.9. The highest BCUT2D eigenvalue weighted by Gasteiger charge is 2.16. The number of nitrogens with one attached hydrogen (secondary N) is 2. The molecule has 21 heavy (non-hydrogen) atoms. The second-order valence-corrected chi connectivity index (χ2v) is 6.17. The third kappa shape index (κ3) is 4.29. The van der Waals surface area contributed by atoms with Crippen molar-refractivity contribution < 1.29 is 9.90 Å². The number of fused-ring (bicyclic) bond motifs is 1. The molecule has 2 rings (SSSR count). The van der Waals surface area contributed by atoms with Crippen LogP contribution < -0.4 is 5.32 Å². The molecule has 1 heterocycles. The van der Waals surface area contributed by atoms with Crippen LogP contribution in [0.1, 0.15) is 32.4 Å². The molecule has 1 amide bonds. The minimum atomic E-state index is -0.0791. The van der Waals surface area contributed by atoms with Crippen molar-refractivity contribution in [2.75, 3.05) is 13.2 Å². The van der Waals surface area contributed by atoms with E-state index in [0.717, 1.165) is 29.4 Å². The first-order valence-electron chi connectivity index (χ1n) is 7.31. The number of nitrogens with zero attached hydrogens (tertiary/aromatic N) is 1. The fourth-order valence-corrected chi connectivity index (χ4v) is 2.25. The van der Waals surface area contributed by atoms with Gasteiger partial charge >= 0.3 is 0 Å². The van der Waals surface area contributed by atoms with E-state index in [1.54, 1.807) is 0 Å². The van der Waals surface area contributed by atoms with Gasteiger partial charge in [0.15, 0.2) is 0 Å². The maximum Gasteiger partial charge on any atom is 0.226 e. The predicted molar refractivity (Wildman–Crippen MR) is 82.9 cm³/mol. The van der Waals surface area contributed by atoms with Gasteiger partial charge in [-0.2, -0.15) is 5.10 Å². The van der Waals surface area contributed by atoms with Gasteiger partial charge in [-0.1, -0.05) is 32.0 Å². The van der Waals surface area contributed by atoms with Crippen LogP contribution in [0.5, 0.6) is 0 Å². The second kappa shape index (κ2) is 6.72. The Morgan fingerprint density at radius 1 is 1.38 bits per heavy atom. The van der Waals surface area contributed by atoms with Crippen molar-refractivity contribution in [1.29, 1.82) is 0 Å². The number of carbonyl (C=O) groups excluding carboxylic acids is 1. The summed E-state index contributed by atoms with van der Waals surface area (Å²) in [6, 6.07) is 7.75. The van der Waals surface area contributed by atoms with Crippen molar-refractivity contribution in [2.45, 2.75) is 33.1 Å². The zero-order chi connectivity index (χ0) is 15.3. The van der Waals surface area contributed by atoms with E-state index in [4.69, 9.17) is 0 Å². The van der Waals surface area contributed by atoms with Crippen molar-refractivity contribution in [3.8, 4) is 0 Å². The highest BCUT2D eigenvalue weighted by Crippen LogP contribution is 2.20. The molecule has 0 unspecified atom stereocenters. The third-order valence-corrected chi connectivity index (χ3v) is 3.66. The van der Waals surface area contributed by atoms with Crippen molar-refractivity contribution in [3.63, 3.8) is 0 Å². The van der Waals surface area contributed by atoms with Crippen LogP contribution in [-0.2, 0) is 11.2 Å². The minimum absolute atomic E-state index is 0.00814. The topological polar surface area (TPSA) is 78.0 Å². The van der Waals surface area contributed by atoms with E-state index in [0.29, 0.717) is 13.0 Å². The van der Waals surface area contributed by atoms with E-state index in [-0.39, 0.29) is 17.9 Å². The van der Waals surface area contributed by atoms with Crippen LogP contribution in [0.25, 0.3) is 10.9 Å². The van der Waals surface area contributed by atoms with E-state index < -0.39 is 0 Å². The van der Waals surface area contributed by atoms with Gasteiger partial charge in [-0.3, -0.25) is 9.89 Å². The summed E-state index contributed by atoms with van der Waals surface area (Å²) in [5.74, 6) is -0.00814.